The summed E-state index contributed by atoms with van der Waals surface area (Å²) < 4.78 is 0. The van der Waals surface area contributed by atoms with Crippen LogP contribution in [0.4, 0.5) is 5.82 Å². The summed E-state index contributed by atoms with van der Waals surface area (Å²) in [6, 6.07) is 6.40. The monoisotopic (exact) mass is 187 g/mol. The molecule has 0 saturated carbocycles. The molecule has 0 bridgehead atoms. The first-order valence-electron chi connectivity index (χ1n) is 4.73. The molecule has 0 radical (unpaired) electrons. The van der Waals surface area contributed by atoms with Crippen molar-refractivity contribution in [2.75, 3.05) is 5.32 Å². The molecular formula is C11H13N3. The highest BCUT2D eigenvalue weighted by molar-refractivity contribution is 5.79. The van der Waals surface area contributed by atoms with Gasteiger partial charge in [-0.2, -0.15) is 0 Å². The van der Waals surface area contributed by atoms with Gasteiger partial charge in [-0.05, 0) is 32.0 Å². The summed E-state index contributed by atoms with van der Waals surface area (Å²) in [6.07, 6.45) is 3.56. The smallest absolute Gasteiger partial charge is 0.126 e. The highest BCUT2D eigenvalue weighted by Crippen LogP contribution is 2.13. The number of nitrogens with zero attached hydrogens (tertiary/aromatic N) is 2. The Morgan fingerprint density at radius 3 is 2.86 bits per heavy atom. The molecule has 3 heteroatoms. The van der Waals surface area contributed by atoms with Crippen molar-refractivity contribution in [1.29, 1.82) is 0 Å². The molecule has 0 aliphatic heterocycles. The maximum absolute atomic E-state index is 4.44. The zero-order valence-corrected chi connectivity index (χ0v) is 8.36. The Kier molecular flexibility index (Phi) is 2.31. The molecule has 3 nitrogen and oxygen atoms in total. The molecule has 0 unspecified atom stereocenters. The van der Waals surface area contributed by atoms with Gasteiger partial charge in [0.25, 0.3) is 0 Å². The first kappa shape index (κ1) is 8.94. The first-order valence-corrected chi connectivity index (χ1v) is 4.73. The number of anilines is 1. The second-order valence-corrected chi connectivity index (χ2v) is 3.56. The molecule has 0 saturated heterocycles. The van der Waals surface area contributed by atoms with Crippen LogP contribution in [-0.4, -0.2) is 16.0 Å². The Balaban J connectivity index is 2.41. The average Bonchev–Trinajstić information content (AvgIpc) is 2.17. The molecule has 0 atom stereocenters. The lowest BCUT2D eigenvalue weighted by Gasteiger charge is -2.08. The normalized spacial score (nSPS) is 10.8. The maximum atomic E-state index is 4.44. The number of rotatable bonds is 2. The summed E-state index contributed by atoms with van der Waals surface area (Å²) in [6.45, 7) is 4.18. The van der Waals surface area contributed by atoms with Crippen molar-refractivity contribution in [2.24, 2.45) is 0 Å². The van der Waals surface area contributed by atoms with Gasteiger partial charge in [0.1, 0.15) is 5.82 Å². The predicted octanol–water partition coefficient (Wildman–Crippen LogP) is 2.45. The molecule has 72 valence electrons. The molecule has 2 aromatic heterocycles. The van der Waals surface area contributed by atoms with E-state index in [1.165, 1.54) is 0 Å². The second-order valence-electron chi connectivity index (χ2n) is 3.56. The highest BCUT2D eigenvalue weighted by Gasteiger charge is 1.98. The lowest BCUT2D eigenvalue weighted by molar-refractivity contribution is 0.891. The third kappa shape index (κ3) is 1.82. The summed E-state index contributed by atoms with van der Waals surface area (Å²) in [4.78, 5) is 8.48. The lowest BCUT2D eigenvalue weighted by atomic mass is 10.2. The Morgan fingerprint density at radius 2 is 2.07 bits per heavy atom. The Bertz CT molecular complexity index is 437. The van der Waals surface area contributed by atoms with Gasteiger partial charge in [-0.1, -0.05) is 0 Å². The zero-order valence-electron chi connectivity index (χ0n) is 8.36. The van der Waals surface area contributed by atoms with Crippen molar-refractivity contribution in [2.45, 2.75) is 19.9 Å². The Labute approximate surface area is 83.2 Å². The van der Waals surface area contributed by atoms with Gasteiger partial charge in [-0.3, -0.25) is 4.98 Å². The number of hydrogen-bond acceptors (Lipinski definition) is 3. The summed E-state index contributed by atoms with van der Waals surface area (Å²) in [5, 5.41) is 4.38. The van der Waals surface area contributed by atoms with Crippen LogP contribution in [0.5, 0.6) is 0 Å². The largest absolute Gasteiger partial charge is 0.368 e. The SMILES string of the molecule is CC(C)Nc1ccc2ccncc2n1. The van der Waals surface area contributed by atoms with Crippen molar-refractivity contribution in [1.82, 2.24) is 9.97 Å². The molecule has 14 heavy (non-hydrogen) atoms. The van der Waals surface area contributed by atoms with Gasteiger partial charge >= 0.3 is 0 Å². The lowest BCUT2D eigenvalue weighted by Crippen LogP contribution is -2.10. The van der Waals surface area contributed by atoms with Gasteiger partial charge < -0.3 is 5.32 Å². The minimum Gasteiger partial charge on any atom is -0.368 e. The van der Waals surface area contributed by atoms with E-state index < -0.39 is 0 Å². The summed E-state index contributed by atoms with van der Waals surface area (Å²) in [5.74, 6) is 0.903. The number of hydrogen-bond donors (Lipinski definition) is 1. The Morgan fingerprint density at radius 1 is 1.21 bits per heavy atom. The quantitative estimate of drug-likeness (QED) is 0.784. The van der Waals surface area contributed by atoms with Crippen molar-refractivity contribution >= 4 is 16.7 Å². The fourth-order valence-corrected chi connectivity index (χ4v) is 1.34. The van der Waals surface area contributed by atoms with Crippen LogP contribution < -0.4 is 5.32 Å². The van der Waals surface area contributed by atoms with Gasteiger partial charge in [0, 0.05) is 17.6 Å². The third-order valence-corrected chi connectivity index (χ3v) is 1.93. The van der Waals surface area contributed by atoms with Crippen molar-refractivity contribution in [3.8, 4) is 0 Å². The molecule has 0 aromatic carbocycles. The van der Waals surface area contributed by atoms with Crippen LogP contribution in [0.15, 0.2) is 30.6 Å². The number of nitrogens with one attached hydrogen (secondary N) is 1. The van der Waals surface area contributed by atoms with Crippen molar-refractivity contribution in [3.63, 3.8) is 0 Å². The minimum absolute atomic E-state index is 0.400. The van der Waals surface area contributed by atoms with Crippen LogP contribution in [-0.2, 0) is 0 Å². The van der Waals surface area contributed by atoms with Crippen molar-refractivity contribution in [3.05, 3.63) is 30.6 Å². The van der Waals surface area contributed by atoms with Crippen molar-refractivity contribution < 1.29 is 0 Å². The van der Waals surface area contributed by atoms with E-state index in [1.54, 1.807) is 12.4 Å². The van der Waals surface area contributed by atoms with Gasteiger partial charge in [-0.15, -0.1) is 0 Å². The summed E-state index contributed by atoms with van der Waals surface area (Å²) in [7, 11) is 0. The van der Waals surface area contributed by atoms with Crippen LogP contribution >= 0.6 is 0 Å². The van der Waals surface area contributed by atoms with Crippen LogP contribution in [0.25, 0.3) is 10.9 Å². The van der Waals surface area contributed by atoms with Crippen LogP contribution in [0.1, 0.15) is 13.8 Å². The van der Waals surface area contributed by atoms with Gasteiger partial charge in [-0.25, -0.2) is 4.98 Å². The van der Waals surface area contributed by atoms with Gasteiger partial charge in [0.2, 0.25) is 0 Å². The van der Waals surface area contributed by atoms with E-state index in [-0.39, 0.29) is 0 Å². The highest BCUT2D eigenvalue weighted by atomic mass is 15.0. The molecule has 0 spiro atoms. The fraction of sp³-hybridized carbons (Fsp3) is 0.273. The van der Waals surface area contributed by atoms with Crippen LogP contribution in [0, 0.1) is 0 Å². The van der Waals surface area contributed by atoms with E-state index in [4.69, 9.17) is 0 Å². The molecule has 0 aliphatic rings. The van der Waals surface area contributed by atoms with Crippen LogP contribution in [0.2, 0.25) is 0 Å². The molecule has 2 rings (SSSR count). The van der Waals surface area contributed by atoms with E-state index in [0.717, 1.165) is 16.7 Å². The minimum atomic E-state index is 0.400. The maximum Gasteiger partial charge on any atom is 0.126 e. The van der Waals surface area contributed by atoms with E-state index in [0.29, 0.717) is 6.04 Å². The average molecular weight is 187 g/mol. The van der Waals surface area contributed by atoms with Crippen LogP contribution in [0.3, 0.4) is 0 Å². The van der Waals surface area contributed by atoms with E-state index in [2.05, 4.69) is 35.2 Å². The zero-order chi connectivity index (χ0) is 9.97. The van der Waals surface area contributed by atoms with E-state index in [9.17, 15) is 0 Å². The molecule has 0 aliphatic carbocycles. The number of fused-ring (bicyclic) bond motifs is 1. The molecule has 2 aromatic rings. The first-order chi connectivity index (χ1) is 6.75. The topological polar surface area (TPSA) is 37.8 Å². The van der Waals surface area contributed by atoms with E-state index in [1.807, 2.05) is 12.1 Å². The van der Waals surface area contributed by atoms with Gasteiger partial charge in [0.05, 0.1) is 11.7 Å². The molecular weight excluding hydrogens is 174 g/mol. The van der Waals surface area contributed by atoms with E-state index >= 15 is 0 Å². The molecule has 0 fully saturated rings. The molecule has 2 heterocycles. The second kappa shape index (κ2) is 3.62. The third-order valence-electron chi connectivity index (χ3n) is 1.93. The summed E-state index contributed by atoms with van der Waals surface area (Å²) in [5.41, 5.74) is 0.929. The standard InChI is InChI=1S/C11H13N3/c1-8(2)13-11-4-3-9-5-6-12-7-10(9)14-11/h3-8H,1-2H3,(H,13,14). The molecule has 0 amide bonds. The number of aromatic nitrogens is 2. The van der Waals surface area contributed by atoms with Gasteiger partial charge in [0.15, 0.2) is 0 Å². The predicted molar refractivity (Wildman–Crippen MR) is 58.3 cm³/mol. The molecule has 1 N–H and O–H groups in total. The Hall–Kier alpha value is -1.64. The fourth-order valence-electron chi connectivity index (χ4n) is 1.34. The number of pyridine rings is 2. The summed E-state index contributed by atoms with van der Waals surface area (Å²) >= 11 is 0.